The van der Waals surface area contributed by atoms with Crippen LogP contribution in [0.4, 0.5) is 17.6 Å². The molecule has 4 aliphatic carbocycles. The Bertz CT molecular complexity index is 1520. The zero-order valence-corrected chi connectivity index (χ0v) is 28.5. The first-order chi connectivity index (χ1) is 22.6. The van der Waals surface area contributed by atoms with Crippen LogP contribution in [-0.4, -0.2) is 96.5 Å². The average Bonchev–Trinajstić information content (AvgIpc) is 3.81. The van der Waals surface area contributed by atoms with Gasteiger partial charge in [0.15, 0.2) is 11.6 Å². The van der Waals surface area contributed by atoms with Crippen LogP contribution >= 0.6 is 0 Å². The first-order valence-electron chi connectivity index (χ1n) is 18.3. The van der Waals surface area contributed by atoms with Crippen molar-refractivity contribution in [2.75, 3.05) is 73.6 Å². The fourth-order valence-corrected chi connectivity index (χ4v) is 10.8. The lowest BCUT2D eigenvalue weighted by Crippen LogP contribution is -2.51. The third kappa shape index (κ3) is 5.36. The van der Waals surface area contributed by atoms with Gasteiger partial charge in [-0.3, -0.25) is 14.5 Å². The van der Waals surface area contributed by atoms with E-state index >= 15 is 0 Å². The number of fused-ring (bicyclic) bond motifs is 5. The van der Waals surface area contributed by atoms with Crippen molar-refractivity contribution < 1.29 is 14.7 Å². The van der Waals surface area contributed by atoms with Crippen molar-refractivity contribution in [3.05, 3.63) is 41.5 Å². The minimum Gasteiger partial charge on any atom is -0.391 e. The Morgan fingerprint density at radius 1 is 0.979 bits per heavy atom. The molecule has 8 rings (SSSR count). The van der Waals surface area contributed by atoms with Gasteiger partial charge in [0.1, 0.15) is 11.6 Å². The number of allylic oxidation sites excluding steroid dienone is 6. The van der Waals surface area contributed by atoms with Gasteiger partial charge in [-0.05, 0) is 87.2 Å². The largest absolute Gasteiger partial charge is 0.391 e. The highest BCUT2D eigenvalue weighted by molar-refractivity contribution is 6.01. The van der Waals surface area contributed by atoms with E-state index in [4.69, 9.17) is 9.97 Å². The molecule has 3 saturated heterocycles. The SMILES string of the molecule is CC1CC2C3CCC4=CC(=O)C=CC4(C)C3=CCC2(C)C1C(=O)CN1CCN(c2cc(N3CCCC3)nc(N3CCC(O)C3)n2)CC1. The minimum atomic E-state index is -0.317. The van der Waals surface area contributed by atoms with Crippen LogP contribution in [0.3, 0.4) is 0 Å². The van der Waals surface area contributed by atoms with Crippen LogP contribution in [0, 0.1) is 34.5 Å². The van der Waals surface area contributed by atoms with Crippen LogP contribution in [0.5, 0.6) is 0 Å². The number of ketones is 2. The van der Waals surface area contributed by atoms with Gasteiger partial charge < -0.3 is 19.8 Å². The summed E-state index contributed by atoms with van der Waals surface area (Å²) in [4.78, 5) is 45.6. The Labute approximate surface area is 279 Å². The quantitative estimate of drug-likeness (QED) is 0.454. The smallest absolute Gasteiger partial charge is 0.229 e. The number of Topliss-reactive ketones (excluding diaryl/α,β-unsaturated/α-hetero) is 1. The number of carbonyl (C=O) groups is 2. The lowest BCUT2D eigenvalue weighted by atomic mass is 9.52. The summed E-state index contributed by atoms with van der Waals surface area (Å²) in [5.74, 6) is 4.70. The van der Waals surface area contributed by atoms with Crippen LogP contribution in [0.1, 0.15) is 65.7 Å². The molecule has 9 heteroatoms. The third-order valence-electron chi connectivity index (χ3n) is 13.3. The predicted octanol–water partition coefficient (Wildman–Crippen LogP) is 4.43. The summed E-state index contributed by atoms with van der Waals surface area (Å²) in [6, 6.07) is 2.15. The number of hydrogen-bond acceptors (Lipinski definition) is 9. The van der Waals surface area contributed by atoms with E-state index in [1.54, 1.807) is 6.08 Å². The maximum absolute atomic E-state index is 14.2. The lowest BCUT2D eigenvalue weighted by Gasteiger charge is -2.52. The molecule has 7 aliphatic rings. The van der Waals surface area contributed by atoms with Gasteiger partial charge in [0.2, 0.25) is 5.95 Å². The molecule has 0 spiro atoms. The third-order valence-corrected chi connectivity index (χ3v) is 13.3. The molecule has 47 heavy (non-hydrogen) atoms. The Hall–Kier alpha value is -3.04. The van der Waals surface area contributed by atoms with Crippen molar-refractivity contribution in [2.45, 2.75) is 71.8 Å². The molecule has 7 atom stereocenters. The molecule has 7 unspecified atom stereocenters. The molecule has 0 radical (unpaired) electrons. The topological polar surface area (TPSA) is 93.1 Å². The first kappa shape index (κ1) is 31.2. The highest BCUT2D eigenvalue weighted by Gasteiger charge is 2.59. The van der Waals surface area contributed by atoms with Gasteiger partial charge in [-0.25, -0.2) is 0 Å². The summed E-state index contributed by atoms with van der Waals surface area (Å²) in [5, 5.41) is 10.2. The normalized spacial score (nSPS) is 37.1. The van der Waals surface area contributed by atoms with Crippen molar-refractivity contribution in [3.8, 4) is 0 Å². The molecular formula is C38H52N6O3. The van der Waals surface area contributed by atoms with Crippen molar-refractivity contribution in [3.63, 3.8) is 0 Å². The van der Waals surface area contributed by atoms with Crippen LogP contribution in [0.2, 0.25) is 0 Å². The summed E-state index contributed by atoms with van der Waals surface area (Å²) in [6.07, 6.45) is 15.2. The number of nitrogens with zero attached hydrogens (tertiary/aromatic N) is 6. The number of carbonyl (C=O) groups excluding carboxylic acids is 2. The number of anilines is 3. The molecule has 2 saturated carbocycles. The Morgan fingerprint density at radius 3 is 2.40 bits per heavy atom. The van der Waals surface area contributed by atoms with E-state index in [0.717, 1.165) is 95.5 Å². The second-order valence-corrected chi connectivity index (χ2v) is 16.1. The van der Waals surface area contributed by atoms with Crippen molar-refractivity contribution >= 4 is 29.2 Å². The number of aliphatic hydroxyl groups excluding tert-OH is 1. The van der Waals surface area contributed by atoms with E-state index in [9.17, 15) is 14.7 Å². The Balaban J connectivity index is 0.947. The highest BCUT2D eigenvalue weighted by atomic mass is 16.3. The van der Waals surface area contributed by atoms with E-state index in [0.29, 0.717) is 36.6 Å². The molecule has 5 fully saturated rings. The molecule has 3 aliphatic heterocycles. The first-order valence-corrected chi connectivity index (χ1v) is 18.3. The lowest BCUT2D eigenvalue weighted by molar-refractivity contribution is -0.129. The zero-order valence-electron chi connectivity index (χ0n) is 28.5. The second-order valence-electron chi connectivity index (χ2n) is 16.1. The second kappa shape index (κ2) is 11.8. The molecule has 0 amide bonds. The molecule has 1 N–H and O–H groups in total. The number of aromatic nitrogens is 2. The van der Waals surface area contributed by atoms with E-state index in [2.05, 4.69) is 58.6 Å². The molecule has 4 heterocycles. The van der Waals surface area contributed by atoms with Gasteiger partial charge in [-0.15, -0.1) is 0 Å². The zero-order chi connectivity index (χ0) is 32.5. The van der Waals surface area contributed by atoms with Gasteiger partial charge in [0.05, 0.1) is 12.6 Å². The van der Waals surface area contributed by atoms with Gasteiger partial charge in [-0.2, -0.15) is 9.97 Å². The van der Waals surface area contributed by atoms with Gasteiger partial charge in [0, 0.05) is 69.8 Å². The number of β-amino-alcohol motifs (C(OH)–C–C–N with tert-alkyl or cyclic N) is 1. The summed E-state index contributed by atoms with van der Waals surface area (Å²) < 4.78 is 0. The van der Waals surface area contributed by atoms with Gasteiger partial charge in [-0.1, -0.05) is 37.1 Å². The van der Waals surface area contributed by atoms with Crippen LogP contribution in [0.15, 0.2) is 41.5 Å². The molecule has 0 aromatic carbocycles. The van der Waals surface area contributed by atoms with Gasteiger partial charge in [0.25, 0.3) is 0 Å². The predicted molar refractivity (Wildman–Crippen MR) is 185 cm³/mol. The maximum atomic E-state index is 14.2. The fourth-order valence-electron chi connectivity index (χ4n) is 10.8. The molecule has 0 bridgehead atoms. The van der Waals surface area contributed by atoms with Crippen LogP contribution in [-0.2, 0) is 9.59 Å². The Kier molecular flexibility index (Phi) is 7.86. The van der Waals surface area contributed by atoms with Crippen LogP contribution < -0.4 is 14.7 Å². The van der Waals surface area contributed by atoms with Crippen molar-refractivity contribution in [1.82, 2.24) is 14.9 Å². The number of piperazine rings is 1. The summed E-state index contributed by atoms with van der Waals surface area (Å²) in [7, 11) is 0. The molecule has 252 valence electrons. The monoisotopic (exact) mass is 640 g/mol. The summed E-state index contributed by atoms with van der Waals surface area (Å²) in [6.45, 7) is 14.4. The molecule has 9 nitrogen and oxygen atoms in total. The fraction of sp³-hybridized carbons (Fsp3) is 0.684. The number of rotatable bonds is 6. The maximum Gasteiger partial charge on any atom is 0.229 e. The van der Waals surface area contributed by atoms with E-state index < -0.39 is 0 Å². The average molecular weight is 641 g/mol. The minimum absolute atomic E-state index is 0.00918. The standard InChI is InChI=1S/C38H52N6O3/c1-25-20-31-29-7-6-26-21-27(45)8-11-37(26,2)30(29)9-12-38(31,3)35(25)32(47)24-41-16-18-43(19-17-41)34-22-33(42-13-4-5-14-42)39-36(40-34)44-15-10-28(46)23-44/h8-9,11,21-22,25,28-29,31,35,46H,4-7,10,12-20,23-24H2,1-3H3. The number of hydrogen-bond donors (Lipinski definition) is 1. The summed E-state index contributed by atoms with van der Waals surface area (Å²) >= 11 is 0. The van der Waals surface area contributed by atoms with E-state index in [-0.39, 0.29) is 28.6 Å². The van der Waals surface area contributed by atoms with Gasteiger partial charge >= 0.3 is 0 Å². The highest BCUT2D eigenvalue weighted by Crippen LogP contribution is 2.65. The van der Waals surface area contributed by atoms with E-state index in [1.165, 1.54) is 24.0 Å². The molecule has 1 aromatic rings. The van der Waals surface area contributed by atoms with Crippen molar-refractivity contribution in [1.29, 1.82) is 0 Å². The molecule has 1 aromatic heterocycles. The van der Waals surface area contributed by atoms with E-state index in [1.807, 2.05) is 6.08 Å². The Morgan fingerprint density at radius 2 is 1.70 bits per heavy atom. The molecular weight excluding hydrogens is 588 g/mol. The van der Waals surface area contributed by atoms with Crippen LogP contribution in [0.25, 0.3) is 0 Å². The summed E-state index contributed by atoms with van der Waals surface area (Å²) in [5.41, 5.74) is 2.62. The number of aliphatic hydroxyl groups is 1. The van der Waals surface area contributed by atoms with Crippen molar-refractivity contribution in [2.24, 2.45) is 34.5 Å².